The van der Waals surface area contributed by atoms with Crippen molar-refractivity contribution in [3.8, 4) is 0 Å². The zero-order valence-electron chi connectivity index (χ0n) is 8.52. The summed E-state index contributed by atoms with van der Waals surface area (Å²) in [6, 6.07) is 9.29. The monoisotopic (exact) mass is 234 g/mol. The molecule has 0 radical (unpaired) electrons. The average Bonchev–Trinajstić information content (AvgIpc) is 2.27. The summed E-state index contributed by atoms with van der Waals surface area (Å²) in [6.45, 7) is 0. The molecule has 0 spiro atoms. The van der Waals surface area contributed by atoms with Gasteiger partial charge < -0.3 is 11.5 Å². The van der Waals surface area contributed by atoms with Gasteiger partial charge in [-0.15, -0.1) is 5.10 Å². The van der Waals surface area contributed by atoms with Gasteiger partial charge in [-0.25, -0.2) is 0 Å². The first-order valence-corrected chi connectivity index (χ1v) is 5.15. The lowest BCUT2D eigenvalue weighted by Crippen LogP contribution is -2.03. The van der Waals surface area contributed by atoms with Crippen molar-refractivity contribution in [3.63, 3.8) is 0 Å². The highest BCUT2D eigenvalue weighted by Gasteiger charge is 2.02. The van der Waals surface area contributed by atoms with Crippen molar-refractivity contribution in [2.75, 3.05) is 11.5 Å². The van der Waals surface area contributed by atoms with Gasteiger partial charge in [0.15, 0.2) is 5.82 Å². The minimum atomic E-state index is 0.264. The van der Waals surface area contributed by atoms with Crippen molar-refractivity contribution in [1.82, 2.24) is 10.2 Å². The molecule has 2 rings (SSSR count). The Balaban J connectivity index is 2.20. The molecule has 0 aliphatic rings. The highest BCUT2D eigenvalue weighted by molar-refractivity contribution is 6.30. The Hall–Kier alpha value is -1.81. The Labute approximate surface area is 98.2 Å². The van der Waals surface area contributed by atoms with E-state index >= 15 is 0 Å². The van der Waals surface area contributed by atoms with Crippen LogP contribution < -0.4 is 11.5 Å². The van der Waals surface area contributed by atoms with Crippen LogP contribution in [0, 0.1) is 0 Å². The predicted octanol–water partition coefficient (Wildman–Crippen LogP) is 1.89. The molecule has 5 heteroatoms. The van der Waals surface area contributed by atoms with E-state index in [0.29, 0.717) is 17.1 Å². The van der Waals surface area contributed by atoms with Crippen LogP contribution in [-0.4, -0.2) is 10.2 Å². The smallest absolute Gasteiger partial charge is 0.169 e. The van der Waals surface area contributed by atoms with Gasteiger partial charge in [-0.05, 0) is 23.8 Å². The summed E-state index contributed by atoms with van der Waals surface area (Å²) in [5.41, 5.74) is 13.5. The predicted molar refractivity (Wildman–Crippen MR) is 65.1 cm³/mol. The van der Waals surface area contributed by atoms with Crippen molar-refractivity contribution in [3.05, 3.63) is 46.6 Å². The van der Waals surface area contributed by atoms with Crippen molar-refractivity contribution < 1.29 is 0 Å². The molecule has 0 aliphatic carbocycles. The van der Waals surface area contributed by atoms with Gasteiger partial charge in [-0.2, -0.15) is 5.10 Å². The summed E-state index contributed by atoms with van der Waals surface area (Å²) in [4.78, 5) is 0. The molecule has 0 aliphatic heterocycles. The lowest BCUT2D eigenvalue weighted by molar-refractivity contribution is 0.947. The fourth-order valence-corrected chi connectivity index (χ4v) is 1.48. The number of anilines is 2. The number of nitrogens with zero attached hydrogens (tertiary/aromatic N) is 2. The minimum absolute atomic E-state index is 0.264. The highest BCUT2D eigenvalue weighted by Crippen LogP contribution is 2.15. The molecule has 0 atom stereocenters. The van der Waals surface area contributed by atoms with E-state index in [0.717, 1.165) is 11.3 Å². The standard InChI is InChI=1S/C11H11ClN4/c12-8-3-1-7(2-4-8)5-9-6-10(13)11(14)16-15-9/h1-4,6H,5H2,(H2,13,15)(H2,14,16). The van der Waals surface area contributed by atoms with Gasteiger partial charge in [0.25, 0.3) is 0 Å². The van der Waals surface area contributed by atoms with Crippen molar-refractivity contribution in [2.45, 2.75) is 6.42 Å². The lowest BCUT2D eigenvalue weighted by atomic mass is 10.1. The number of aromatic nitrogens is 2. The van der Waals surface area contributed by atoms with Gasteiger partial charge in [0.1, 0.15) is 0 Å². The van der Waals surface area contributed by atoms with Gasteiger partial charge in [-0.1, -0.05) is 23.7 Å². The van der Waals surface area contributed by atoms with Crippen LogP contribution in [0.3, 0.4) is 0 Å². The van der Waals surface area contributed by atoms with E-state index in [1.54, 1.807) is 6.07 Å². The minimum Gasteiger partial charge on any atom is -0.396 e. The van der Waals surface area contributed by atoms with E-state index in [1.807, 2.05) is 24.3 Å². The van der Waals surface area contributed by atoms with Crippen LogP contribution in [0.5, 0.6) is 0 Å². The Kier molecular flexibility index (Phi) is 2.92. The number of hydrogen-bond acceptors (Lipinski definition) is 4. The molecule has 0 amide bonds. The molecule has 82 valence electrons. The second kappa shape index (κ2) is 4.37. The van der Waals surface area contributed by atoms with Gasteiger partial charge in [0.2, 0.25) is 0 Å². The van der Waals surface area contributed by atoms with Crippen LogP contribution in [0.25, 0.3) is 0 Å². The van der Waals surface area contributed by atoms with Crippen molar-refractivity contribution in [2.24, 2.45) is 0 Å². The number of rotatable bonds is 2. The van der Waals surface area contributed by atoms with E-state index in [-0.39, 0.29) is 5.82 Å². The van der Waals surface area contributed by atoms with E-state index in [9.17, 15) is 0 Å². The van der Waals surface area contributed by atoms with Gasteiger partial charge in [0.05, 0.1) is 11.4 Å². The van der Waals surface area contributed by atoms with Crippen LogP contribution in [0.2, 0.25) is 5.02 Å². The molecular formula is C11H11ClN4. The normalized spacial score (nSPS) is 10.3. The Bertz CT molecular complexity index is 496. The molecule has 1 heterocycles. The average molecular weight is 235 g/mol. The third-order valence-electron chi connectivity index (χ3n) is 2.20. The fourth-order valence-electron chi connectivity index (χ4n) is 1.36. The maximum absolute atomic E-state index is 5.80. The SMILES string of the molecule is Nc1cc(Cc2ccc(Cl)cc2)nnc1N. The van der Waals surface area contributed by atoms with Gasteiger partial charge in [0, 0.05) is 11.4 Å². The Morgan fingerprint density at radius 2 is 1.75 bits per heavy atom. The molecule has 1 aromatic carbocycles. The zero-order chi connectivity index (χ0) is 11.5. The second-order valence-corrected chi connectivity index (χ2v) is 3.92. The molecule has 2 aromatic rings. The molecule has 0 fully saturated rings. The van der Waals surface area contributed by atoms with Crippen LogP contribution >= 0.6 is 11.6 Å². The zero-order valence-corrected chi connectivity index (χ0v) is 9.28. The third-order valence-corrected chi connectivity index (χ3v) is 2.45. The highest BCUT2D eigenvalue weighted by atomic mass is 35.5. The number of hydrogen-bond donors (Lipinski definition) is 2. The largest absolute Gasteiger partial charge is 0.396 e. The topological polar surface area (TPSA) is 77.8 Å². The van der Waals surface area contributed by atoms with Crippen LogP contribution in [0.1, 0.15) is 11.3 Å². The molecule has 0 saturated heterocycles. The van der Waals surface area contributed by atoms with Crippen molar-refractivity contribution >= 4 is 23.1 Å². The Morgan fingerprint density at radius 3 is 2.38 bits per heavy atom. The van der Waals surface area contributed by atoms with Crippen LogP contribution in [0.15, 0.2) is 30.3 Å². The summed E-state index contributed by atoms with van der Waals surface area (Å²) in [5.74, 6) is 0.264. The quantitative estimate of drug-likeness (QED) is 0.832. The second-order valence-electron chi connectivity index (χ2n) is 3.48. The van der Waals surface area contributed by atoms with Crippen LogP contribution in [-0.2, 0) is 6.42 Å². The lowest BCUT2D eigenvalue weighted by Gasteiger charge is -2.03. The van der Waals surface area contributed by atoms with E-state index < -0.39 is 0 Å². The summed E-state index contributed by atoms with van der Waals surface area (Å²) < 4.78 is 0. The van der Waals surface area contributed by atoms with E-state index in [1.165, 1.54) is 0 Å². The molecule has 0 saturated carbocycles. The molecule has 0 bridgehead atoms. The number of nitrogen functional groups attached to an aromatic ring is 2. The van der Waals surface area contributed by atoms with E-state index in [2.05, 4.69) is 10.2 Å². The number of halogens is 1. The first-order chi connectivity index (χ1) is 7.65. The molecule has 4 nitrogen and oxygen atoms in total. The van der Waals surface area contributed by atoms with Gasteiger partial charge in [-0.3, -0.25) is 0 Å². The molecule has 4 N–H and O–H groups in total. The van der Waals surface area contributed by atoms with Crippen molar-refractivity contribution in [1.29, 1.82) is 0 Å². The fraction of sp³-hybridized carbons (Fsp3) is 0.0909. The number of benzene rings is 1. The molecule has 0 unspecified atom stereocenters. The maximum Gasteiger partial charge on any atom is 0.169 e. The van der Waals surface area contributed by atoms with Gasteiger partial charge >= 0.3 is 0 Å². The summed E-state index contributed by atoms with van der Waals surface area (Å²) in [6.07, 6.45) is 0.661. The van der Waals surface area contributed by atoms with Crippen LogP contribution in [0.4, 0.5) is 11.5 Å². The maximum atomic E-state index is 5.80. The Morgan fingerprint density at radius 1 is 1.06 bits per heavy atom. The summed E-state index contributed by atoms with van der Waals surface area (Å²) in [5, 5.41) is 8.45. The number of nitrogens with two attached hydrogens (primary N) is 2. The summed E-state index contributed by atoms with van der Waals surface area (Å²) >= 11 is 5.80. The third kappa shape index (κ3) is 2.41. The van der Waals surface area contributed by atoms with E-state index in [4.69, 9.17) is 23.1 Å². The summed E-state index contributed by atoms with van der Waals surface area (Å²) in [7, 11) is 0. The molecule has 1 aromatic heterocycles. The molecular weight excluding hydrogens is 224 g/mol. The first-order valence-electron chi connectivity index (χ1n) is 4.77. The molecule has 16 heavy (non-hydrogen) atoms. The first kappa shape index (κ1) is 10.7.